The molecule has 0 saturated heterocycles. The maximum absolute atomic E-state index is 6.54. The highest BCUT2D eigenvalue weighted by molar-refractivity contribution is 6.15. The van der Waals surface area contributed by atoms with Crippen molar-refractivity contribution in [2.24, 2.45) is 0 Å². The van der Waals surface area contributed by atoms with E-state index in [0.29, 0.717) is 17.6 Å². The summed E-state index contributed by atoms with van der Waals surface area (Å²) in [6.07, 6.45) is 0. The molecule has 0 N–H and O–H groups in total. The van der Waals surface area contributed by atoms with E-state index in [2.05, 4.69) is 102 Å². The highest BCUT2D eigenvalue weighted by Crippen LogP contribution is 2.51. The monoisotopic (exact) mass is 678 g/mol. The third kappa shape index (κ3) is 4.11. The first-order valence-electron chi connectivity index (χ1n) is 17.7. The molecular formula is C47H26N4O2. The van der Waals surface area contributed by atoms with Crippen LogP contribution in [-0.4, -0.2) is 15.0 Å². The summed E-state index contributed by atoms with van der Waals surface area (Å²) in [7, 11) is 0. The number of aromatic nitrogens is 3. The summed E-state index contributed by atoms with van der Waals surface area (Å²) in [6.45, 7) is 0. The predicted octanol–water partition coefficient (Wildman–Crippen LogP) is 12.8. The van der Waals surface area contributed by atoms with Crippen molar-refractivity contribution in [2.75, 3.05) is 4.90 Å². The fourth-order valence-corrected chi connectivity index (χ4v) is 8.21. The van der Waals surface area contributed by atoms with Crippen molar-refractivity contribution in [3.8, 4) is 33.9 Å². The molecule has 6 heteroatoms. The molecule has 0 fully saturated rings. The van der Waals surface area contributed by atoms with Gasteiger partial charge in [0.25, 0.3) is 0 Å². The van der Waals surface area contributed by atoms with Crippen LogP contribution >= 0.6 is 0 Å². The van der Waals surface area contributed by atoms with Crippen molar-refractivity contribution >= 4 is 82.7 Å². The predicted molar refractivity (Wildman–Crippen MR) is 214 cm³/mol. The maximum atomic E-state index is 6.54. The molecule has 0 radical (unpaired) electrons. The Morgan fingerprint density at radius 2 is 1.04 bits per heavy atom. The average Bonchev–Trinajstić information content (AvgIpc) is 3.78. The number of anilines is 3. The van der Waals surface area contributed by atoms with Gasteiger partial charge in [0.05, 0.1) is 16.9 Å². The molecule has 0 bridgehead atoms. The largest absolute Gasteiger partial charge is 0.456 e. The van der Waals surface area contributed by atoms with Crippen LogP contribution in [0.4, 0.5) is 17.3 Å². The van der Waals surface area contributed by atoms with Gasteiger partial charge in [-0.25, -0.2) is 4.98 Å². The third-order valence-electron chi connectivity index (χ3n) is 10.6. The summed E-state index contributed by atoms with van der Waals surface area (Å²) in [5.74, 6) is 1.60. The summed E-state index contributed by atoms with van der Waals surface area (Å²) < 4.78 is 12.7. The molecule has 0 spiro atoms. The summed E-state index contributed by atoms with van der Waals surface area (Å²) in [5, 5.41) is 8.76. The van der Waals surface area contributed by atoms with Gasteiger partial charge in [0.1, 0.15) is 22.3 Å². The molecule has 1 aliphatic rings. The number of nitrogens with zero attached hydrogens (tertiary/aromatic N) is 4. The minimum Gasteiger partial charge on any atom is -0.456 e. The lowest BCUT2D eigenvalue weighted by atomic mass is 9.90. The summed E-state index contributed by atoms with van der Waals surface area (Å²) in [4.78, 5) is 18.1. The lowest BCUT2D eigenvalue weighted by Gasteiger charge is -2.32. The molecule has 12 rings (SSSR count). The Morgan fingerprint density at radius 1 is 0.396 bits per heavy atom. The van der Waals surface area contributed by atoms with Crippen LogP contribution in [0.25, 0.3) is 99.3 Å². The first kappa shape index (κ1) is 28.4. The number of hydrogen-bond acceptors (Lipinski definition) is 6. The van der Waals surface area contributed by atoms with Gasteiger partial charge >= 0.3 is 0 Å². The number of hydrogen-bond donors (Lipinski definition) is 0. The van der Waals surface area contributed by atoms with Gasteiger partial charge in [-0.1, -0.05) is 103 Å². The van der Waals surface area contributed by atoms with E-state index in [0.717, 1.165) is 88.1 Å². The van der Waals surface area contributed by atoms with E-state index >= 15 is 0 Å². The van der Waals surface area contributed by atoms with Crippen LogP contribution in [0.1, 0.15) is 0 Å². The molecule has 4 heterocycles. The van der Waals surface area contributed by atoms with E-state index in [4.69, 9.17) is 23.8 Å². The highest BCUT2D eigenvalue weighted by Gasteiger charge is 2.30. The van der Waals surface area contributed by atoms with Crippen LogP contribution < -0.4 is 4.90 Å². The van der Waals surface area contributed by atoms with Crippen molar-refractivity contribution in [3.63, 3.8) is 0 Å². The van der Waals surface area contributed by atoms with Crippen LogP contribution in [0.5, 0.6) is 0 Å². The Bertz CT molecular complexity index is 3320. The number of fused-ring (bicyclic) bond motifs is 9. The number of benzene rings is 8. The molecule has 0 amide bonds. The zero-order valence-electron chi connectivity index (χ0n) is 28.1. The lowest BCUT2D eigenvalue weighted by Crippen LogP contribution is -2.19. The van der Waals surface area contributed by atoms with Crippen molar-refractivity contribution in [1.29, 1.82) is 0 Å². The Balaban J connectivity index is 1.17. The first-order chi connectivity index (χ1) is 26.2. The number of para-hydroxylation sites is 3. The van der Waals surface area contributed by atoms with Gasteiger partial charge in [-0.3, -0.25) is 4.90 Å². The van der Waals surface area contributed by atoms with E-state index in [9.17, 15) is 0 Å². The molecule has 246 valence electrons. The van der Waals surface area contributed by atoms with Crippen LogP contribution in [-0.2, 0) is 0 Å². The Labute approximate surface area is 302 Å². The zero-order valence-corrected chi connectivity index (χ0v) is 28.1. The highest BCUT2D eigenvalue weighted by atomic mass is 16.3. The van der Waals surface area contributed by atoms with Gasteiger partial charge in [0.2, 0.25) is 5.95 Å². The van der Waals surface area contributed by atoms with Crippen molar-refractivity contribution in [2.45, 2.75) is 0 Å². The van der Waals surface area contributed by atoms with Gasteiger partial charge in [0.15, 0.2) is 11.6 Å². The van der Waals surface area contributed by atoms with E-state index < -0.39 is 0 Å². The normalized spacial score (nSPS) is 12.5. The fraction of sp³-hybridized carbons (Fsp3) is 0. The van der Waals surface area contributed by atoms with Crippen LogP contribution in [0, 0.1) is 0 Å². The molecule has 0 aliphatic carbocycles. The molecular weight excluding hydrogens is 653 g/mol. The molecule has 11 aromatic rings. The Morgan fingerprint density at radius 3 is 1.91 bits per heavy atom. The topological polar surface area (TPSA) is 68.2 Å². The van der Waals surface area contributed by atoms with E-state index in [1.807, 2.05) is 60.7 Å². The Kier molecular flexibility index (Phi) is 5.68. The standard InChI is InChI=1S/C47H26N4O2/c1-2-11-29-26-39-36(24-28(29)10-1)33-16-7-12-27-13-8-19-38(43(27)33)51(39)47-49-45(30-22-23-42-37(25-30)32-15-4-5-20-40(32)52-42)48-46(50-47)35-18-9-17-34-31-14-3-6-21-41(31)53-44(34)35/h1-26H. The van der Waals surface area contributed by atoms with Gasteiger partial charge in [-0.15, -0.1) is 0 Å². The second kappa shape index (κ2) is 10.6. The quantitative estimate of drug-likeness (QED) is 0.185. The van der Waals surface area contributed by atoms with E-state index in [-0.39, 0.29) is 0 Å². The fourth-order valence-electron chi connectivity index (χ4n) is 8.21. The van der Waals surface area contributed by atoms with Crippen molar-refractivity contribution in [3.05, 3.63) is 158 Å². The van der Waals surface area contributed by atoms with Gasteiger partial charge in [0, 0.05) is 38.1 Å². The molecule has 53 heavy (non-hydrogen) atoms. The van der Waals surface area contributed by atoms with Gasteiger partial charge in [-0.2, -0.15) is 9.97 Å². The average molecular weight is 679 g/mol. The number of rotatable bonds is 3. The second-order valence-corrected chi connectivity index (χ2v) is 13.6. The molecule has 0 unspecified atom stereocenters. The SMILES string of the molecule is c1ccc2cc3c(cc2c1)-c1cccc2cccc(c12)N3c1nc(-c2ccc3oc4ccccc4c3c2)nc(-c2cccc3c2oc2ccccc23)n1. The minimum absolute atomic E-state index is 0.522. The van der Waals surface area contributed by atoms with Crippen LogP contribution in [0.3, 0.4) is 0 Å². The molecule has 3 aromatic heterocycles. The lowest BCUT2D eigenvalue weighted by molar-refractivity contribution is 0.669. The summed E-state index contributed by atoms with van der Waals surface area (Å²) in [5.41, 5.74) is 9.23. The van der Waals surface area contributed by atoms with E-state index in [1.54, 1.807) is 0 Å². The molecule has 8 aromatic carbocycles. The molecule has 0 saturated carbocycles. The second-order valence-electron chi connectivity index (χ2n) is 13.6. The third-order valence-corrected chi connectivity index (χ3v) is 10.6. The molecule has 0 atom stereocenters. The smallest absolute Gasteiger partial charge is 0.238 e. The minimum atomic E-state index is 0.522. The van der Waals surface area contributed by atoms with Crippen molar-refractivity contribution < 1.29 is 8.83 Å². The van der Waals surface area contributed by atoms with Gasteiger partial charge in [-0.05, 0) is 76.3 Å². The summed E-state index contributed by atoms with van der Waals surface area (Å²) in [6, 6.07) is 54.6. The Hall–Kier alpha value is -7.31. The van der Waals surface area contributed by atoms with Crippen LogP contribution in [0.15, 0.2) is 167 Å². The van der Waals surface area contributed by atoms with Gasteiger partial charge < -0.3 is 8.83 Å². The zero-order chi connectivity index (χ0) is 34.6. The molecule has 6 nitrogen and oxygen atoms in total. The maximum Gasteiger partial charge on any atom is 0.238 e. The van der Waals surface area contributed by atoms with Crippen molar-refractivity contribution in [1.82, 2.24) is 15.0 Å². The summed E-state index contributed by atoms with van der Waals surface area (Å²) >= 11 is 0. The van der Waals surface area contributed by atoms with Crippen LogP contribution in [0.2, 0.25) is 0 Å². The van der Waals surface area contributed by atoms with E-state index in [1.165, 1.54) is 10.9 Å². The first-order valence-corrected chi connectivity index (χ1v) is 17.7. The number of furan rings is 2. The molecule has 1 aliphatic heterocycles.